The van der Waals surface area contributed by atoms with Gasteiger partial charge in [0.2, 0.25) is 0 Å². The van der Waals surface area contributed by atoms with Crippen molar-refractivity contribution in [1.82, 2.24) is 0 Å². The van der Waals surface area contributed by atoms with Gasteiger partial charge in [-0.05, 0) is 6.42 Å². The average molecular weight is 156 g/mol. The van der Waals surface area contributed by atoms with Crippen LogP contribution >= 0.6 is 0 Å². The zero-order valence-electron chi connectivity index (χ0n) is 5.48. The first-order valence-electron chi connectivity index (χ1n) is 2.90. The third-order valence-electron chi connectivity index (χ3n) is 0.754. The summed E-state index contributed by atoms with van der Waals surface area (Å²) in [6, 6.07) is 0. The van der Waals surface area contributed by atoms with Gasteiger partial charge in [0, 0.05) is 4.79 Å². The summed E-state index contributed by atoms with van der Waals surface area (Å²) < 4.78 is 35.9. The second-order valence-corrected chi connectivity index (χ2v) is 1.81. The summed E-state index contributed by atoms with van der Waals surface area (Å²) in [5.74, 6) is -1.07. The molecule has 0 bridgehead atoms. The number of aliphatic carboxylic acids is 1. The Kier molecular flexibility index (Phi) is 3.25. The Balaban J connectivity index is 3.58. The maximum atomic E-state index is 11.3. The molecule has 0 spiro atoms. The van der Waals surface area contributed by atoms with Gasteiger partial charge >= 0.3 is 13.1 Å². The molecule has 0 amide bonds. The largest absolute Gasteiger partial charge is 0.786 e. The van der Waals surface area contributed by atoms with Crippen molar-refractivity contribution < 1.29 is 22.4 Å². The van der Waals surface area contributed by atoms with Crippen molar-refractivity contribution in [3.8, 4) is 0 Å². The van der Waals surface area contributed by atoms with E-state index in [0.717, 1.165) is 0 Å². The van der Waals surface area contributed by atoms with E-state index in [1.165, 1.54) is 0 Å². The van der Waals surface area contributed by atoms with Gasteiger partial charge in [0.25, 0.3) is 0 Å². The minimum Gasteiger partial charge on any atom is -0.694 e. The Bertz CT molecular complexity index is 122. The highest BCUT2D eigenvalue weighted by Crippen LogP contribution is 2.07. The van der Waals surface area contributed by atoms with Crippen LogP contribution in [0.5, 0.6) is 0 Å². The van der Waals surface area contributed by atoms with Gasteiger partial charge in [0.1, 0.15) is 0 Å². The molecule has 0 saturated carbocycles. The third-order valence-corrected chi connectivity index (χ3v) is 0.754. The molecule has 0 fully saturated rings. The molecule has 0 aromatic heterocycles. The van der Waals surface area contributed by atoms with Crippen molar-refractivity contribution in [1.29, 1.82) is 0 Å². The maximum absolute atomic E-state index is 11.3. The van der Waals surface area contributed by atoms with Crippen LogP contribution in [0.1, 0.15) is 19.8 Å². The molecule has 0 heterocycles. The lowest BCUT2D eigenvalue weighted by molar-refractivity contribution is -0.152. The Morgan fingerprint density at radius 3 is 2.30 bits per heavy atom. The Labute approximate surface area is 56.4 Å². The lowest BCUT2D eigenvalue weighted by Gasteiger charge is -2.12. The zero-order chi connectivity index (χ0) is 8.20. The van der Waals surface area contributed by atoms with Crippen LogP contribution in [0.4, 0.5) is 12.9 Å². The van der Waals surface area contributed by atoms with Crippen molar-refractivity contribution >= 4 is 13.1 Å². The van der Waals surface area contributed by atoms with Gasteiger partial charge in [-0.3, -0.25) is 0 Å². The number of rotatable bonds is 3. The molecular formula is C4H8BF3O2. The van der Waals surface area contributed by atoms with Crippen LogP contribution in [0.2, 0.25) is 0 Å². The van der Waals surface area contributed by atoms with Crippen molar-refractivity contribution in [3.63, 3.8) is 0 Å². The standard InChI is InChI=1S/C4H8BF3O2/c1-2-3-4(9)10-5(6,7)8/h10H,2-3H2,1H3. The molecule has 0 radical (unpaired) electrons. The zero-order valence-corrected chi connectivity index (χ0v) is 5.48. The second kappa shape index (κ2) is 3.48. The molecule has 10 heavy (non-hydrogen) atoms. The summed E-state index contributed by atoms with van der Waals surface area (Å²) in [5.41, 5.74) is 0. The van der Waals surface area contributed by atoms with E-state index in [4.69, 9.17) is 0 Å². The molecule has 0 rings (SSSR count). The predicted octanol–water partition coefficient (Wildman–Crippen LogP) is 1.19. The predicted molar refractivity (Wildman–Crippen MR) is 31.2 cm³/mol. The van der Waals surface area contributed by atoms with Gasteiger partial charge in [-0.25, -0.2) is 0 Å². The maximum Gasteiger partial charge on any atom is 0.786 e. The fourth-order valence-electron chi connectivity index (χ4n) is 0.442. The molecule has 1 N–H and O–H groups in total. The van der Waals surface area contributed by atoms with Crippen LogP contribution in [-0.2, 0) is 4.79 Å². The van der Waals surface area contributed by atoms with Crippen molar-refractivity contribution in [2.75, 3.05) is 0 Å². The summed E-state index contributed by atoms with van der Waals surface area (Å²) in [7, 11) is -5.28. The van der Waals surface area contributed by atoms with E-state index in [1.807, 2.05) is 4.65 Å². The fourth-order valence-corrected chi connectivity index (χ4v) is 0.442. The Hall–Kier alpha value is -0.675. The molecule has 0 aromatic rings. The van der Waals surface area contributed by atoms with Crippen molar-refractivity contribution in [2.24, 2.45) is 0 Å². The van der Waals surface area contributed by atoms with Crippen LogP contribution in [0, 0.1) is 0 Å². The molecule has 60 valence electrons. The molecule has 0 saturated heterocycles. The average Bonchev–Trinajstić information content (AvgIpc) is 1.59. The molecule has 0 aliphatic rings. The summed E-state index contributed by atoms with van der Waals surface area (Å²) in [6.07, 6.45) is 0.274. The van der Waals surface area contributed by atoms with Crippen LogP contribution in [0.15, 0.2) is 0 Å². The van der Waals surface area contributed by atoms with Gasteiger partial charge < -0.3 is 17.6 Å². The van der Waals surface area contributed by atoms with E-state index >= 15 is 0 Å². The Morgan fingerprint density at radius 1 is 1.50 bits per heavy atom. The SMILES string of the molecule is CCCC(=O)[OH+][B-](F)(F)F. The molecule has 6 heteroatoms. The lowest BCUT2D eigenvalue weighted by atomic mass is 10.2. The monoisotopic (exact) mass is 156 g/mol. The van der Waals surface area contributed by atoms with Crippen LogP contribution in [0.25, 0.3) is 0 Å². The lowest BCUT2D eigenvalue weighted by Crippen LogP contribution is -2.30. The first kappa shape index (κ1) is 9.32. The molecule has 0 atom stereocenters. The topological polar surface area (TPSA) is 29.9 Å². The number of halogens is 3. The van der Waals surface area contributed by atoms with Gasteiger partial charge in [0.05, 0.1) is 6.42 Å². The van der Waals surface area contributed by atoms with Crippen LogP contribution < -0.4 is 0 Å². The molecule has 0 aliphatic carbocycles. The van der Waals surface area contributed by atoms with Crippen molar-refractivity contribution in [3.05, 3.63) is 0 Å². The number of carbonyl (C=O) groups is 1. The van der Waals surface area contributed by atoms with Crippen LogP contribution in [0.3, 0.4) is 0 Å². The number of hydrogen-bond acceptors (Lipinski definition) is 1. The van der Waals surface area contributed by atoms with Gasteiger partial charge in [-0.15, -0.1) is 0 Å². The second-order valence-electron chi connectivity index (χ2n) is 1.81. The molecule has 0 unspecified atom stereocenters. The van der Waals surface area contributed by atoms with Gasteiger partial charge in [-0.1, -0.05) is 6.92 Å². The molecule has 0 aliphatic heterocycles. The number of hydrogen-bond donors (Lipinski definition) is 0. The van der Waals surface area contributed by atoms with Crippen molar-refractivity contribution in [2.45, 2.75) is 19.8 Å². The quantitative estimate of drug-likeness (QED) is 0.445. The summed E-state index contributed by atoms with van der Waals surface area (Å²) >= 11 is 0. The first-order chi connectivity index (χ1) is 4.45. The third kappa shape index (κ3) is 5.46. The normalized spacial score (nSPS) is 11.2. The van der Waals surface area contributed by atoms with E-state index in [0.29, 0.717) is 6.42 Å². The number of carboxylic acids is 1. The minimum absolute atomic E-state index is 0.124. The van der Waals surface area contributed by atoms with Gasteiger partial charge in [0.15, 0.2) is 0 Å². The van der Waals surface area contributed by atoms with E-state index < -0.39 is 13.1 Å². The van der Waals surface area contributed by atoms with Crippen LogP contribution in [-0.4, -0.2) is 17.8 Å². The highest BCUT2D eigenvalue weighted by atomic mass is 19.4. The molecule has 0 aromatic carbocycles. The molecular weight excluding hydrogens is 148 g/mol. The summed E-state index contributed by atoms with van der Waals surface area (Å²) in [6.45, 7) is 1.62. The summed E-state index contributed by atoms with van der Waals surface area (Å²) in [5, 5.41) is 0. The smallest absolute Gasteiger partial charge is 0.694 e. The minimum atomic E-state index is -5.28. The van der Waals surface area contributed by atoms with E-state index in [-0.39, 0.29) is 6.42 Å². The highest BCUT2D eigenvalue weighted by molar-refractivity contribution is 6.52. The fraction of sp³-hybridized carbons (Fsp3) is 0.750. The van der Waals surface area contributed by atoms with E-state index in [2.05, 4.69) is 0 Å². The Morgan fingerprint density at radius 2 is 2.00 bits per heavy atom. The highest BCUT2D eigenvalue weighted by Gasteiger charge is 2.36. The van der Waals surface area contributed by atoms with E-state index in [1.54, 1.807) is 6.92 Å². The van der Waals surface area contributed by atoms with E-state index in [9.17, 15) is 17.7 Å². The summed E-state index contributed by atoms with van der Waals surface area (Å²) in [4.78, 5) is 10.2. The van der Waals surface area contributed by atoms with Gasteiger partial charge in [-0.2, -0.15) is 0 Å². The molecule has 2 nitrogen and oxygen atoms in total. The first-order valence-corrected chi connectivity index (χ1v) is 2.90.